The van der Waals surface area contributed by atoms with Crippen LogP contribution >= 0.6 is 0 Å². The zero-order chi connectivity index (χ0) is 18.5. The first-order chi connectivity index (χ1) is 12.0. The molecule has 0 aromatic carbocycles. The van der Waals surface area contributed by atoms with Crippen LogP contribution in [0.5, 0.6) is 0 Å². The number of azide groups is 1. The fourth-order valence-corrected chi connectivity index (χ4v) is 2.22. The van der Waals surface area contributed by atoms with E-state index in [2.05, 4.69) is 15.3 Å². The highest BCUT2D eigenvalue weighted by molar-refractivity contribution is 6.01. The van der Waals surface area contributed by atoms with Crippen molar-refractivity contribution >= 4 is 23.7 Å². The van der Waals surface area contributed by atoms with Crippen LogP contribution in [0.3, 0.4) is 0 Å². The van der Waals surface area contributed by atoms with Crippen LogP contribution in [-0.4, -0.2) is 41.8 Å². The molecule has 0 aromatic rings. The quantitative estimate of drug-likeness (QED) is 0.187. The Labute approximate surface area is 145 Å². The molecule has 0 radical (unpaired) electrons. The van der Waals surface area contributed by atoms with Gasteiger partial charge in [-0.15, -0.1) is 5.06 Å². The molecule has 1 saturated heterocycles. The zero-order valence-electron chi connectivity index (χ0n) is 14.1. The van der Waals surface area contributed by atoms with Crippen molar-refractivity contribution in [3.8, 4) is 0 Å². The second kappa shape index (κ2) is 11.9. The van der Waals surface area contributed by atoms with Gasteiger partial charge in [0.25, 0.3) is 11.8 Å². The summed E-state index contributed by atoms with van der Waals surface area (Å²) in [6.45, 7) is 0.846. The van der Waals surface area contributed by atoms with Crippen LogP contribution < -0.4 is 5.32 Å². The van der Waals surface area contributed by atoms with Crippen LogP contribution in [0, 0.1) is 0 Å². The minimum Gasteiger partial charge on any atom is -0.356 e. The molecule has 1 fully saturated rings. The molecule has 0 unspecified atom stereocenters. The Kier molecular flexibility index (Phi) is 9.69. The average Bonchev–Trinajstić information content (AvgIpc) is 2.89. The number of nitrogens with one attached hydrogen (secondary N) is 1. The molecular formula is C15H23N5O5. The maximum absolute atomic E-state index is 11.6. The van der Waals surface area contributed by atoms with E-state index in [-0.39, 0.29) is 25.2 Å². The van der Waals surface area contributed by atoms with Crippen molar-refractivity contribution < 1.29 is 24.0 Å². The summed E-state index contributed by atoms with van der Waals surface area (Å²) in [5.74, 6) is -1.61. The summed E-state index contributed by atoms with van der Waals surface area (Å²) in [5.41, 5.74) is 8.10. The minimum atomic E-state index is -0.596. The maximum atomic E-state index is 11.6. The van der Waals surface area contributed by atoms with Gasteiger partial charge < -0.3 is 10.2 Å². The molecule has 138 valence electrons. The summed E-state index contributed by atoms with van der Waals surface area (Å²) in [7, 11) is 0. The van der Waals surface area contributed by atoms with Gasteiger partial charge in [-0.05, 0) is 24.8 Å². The third-order valence-corrected chi connectivity index (χ3v) is 3.55. The van der Waals surface area contributed by atoms with Crippen LogP contribution in [0.2, 0.25) is 0 Å². The molecule has 1 rings (SSSR count). The Morgan fingerprint density at radius 1 is 1.08 bits per heavy atom. The number of amides is 3. The topological polar surface area (TPSA) is 142 Å². The van der Waals surface area contributed by atoms with Crippen LogP contribution in [0.25, 0.3) is 10.4 Å². The summed E-state index contributed by atoms with van der Waals surface area (Å²) in [6, 6.07) is 0. The molecular weight excluding hydrogens is 330 g/mol. The molecule has 25 heavy (non-hydrogen) atoms. The van der Waals surface area contributed by atoms with Gasteiger partial charge >= 0.3 is 5.97 Å². The Hall–Kier alpha value is -2.61. The first kappa shape index (κ1) is 20.4. The lowest BCUT2D eigenvalue weighted by Crippen LogP contribution is -2.31. The molecule has 10 nitrogen and oxygen atoms in total. The second-order valence-corrected chi connectivity index (χ2v) is 5.62. The van der Waals surface area contributed by atoms with Crippen LogP contribution in [0.4, 0.5) is 0 Å². The van der Waals surface area contributed by atoms with E-state index in [1.54, 1.807) is 0 Å². The van der Waals surface area contributed by atoms with Crippen molar-refractivity contribution in [2.75, 3.05) is 13.1 Å². The van der Waals surface area contributed by atoms with Crippen LogP contribution in [-0.2, 0) is 24.0 Å². The molecule has 0 atom stereocenters. The third-order valence-electron chi connectivity index (χ3n) is 3.55. The van der Waals surface area contributed by atoms with E-state index < -0.39 is 17.8 Å². The van der Waals surface area contributed by atoms with Gasteiger partial charge in [0.1, 0.15) is 0 Å². The first-order valence-electron chi connectivity index (χ1n) is 8.38. The zero-order valence-corrected chi connectivity index (χ0v) is 14.1. The summed E-state index contributed by atoms with van der Waals surface area (Å²) in [4.78, 5) is 53.0. The SMILES string of the molecule is [N-]=[N+]=NCCCNC(=O)CCCCCCC(=O)ON1C(=O)CCC1=O. The van der Waals surface area contributed by atoms with Crippen LogP contribution in [0.15, 0.2) is 5.11 Å². The predicted octanol–water partition coefficient (Wildman–Crippen LogP) is 1.75. The Bertz CT molecular complexity index is 528. The number of imide groups is 1. The predicted molar refractivity (Wildman–Crippen MR) is 86.5 cm³/mol. The highest BCUT2D eigenvalue weighted by Crippen LogP contribution is 2.13. The molecule has 0 saturated carbocycles. The minimum absolute atomic E-state index is 0.0496. The lowest BCUT2D eigenvalue weighted by Gasteiger charge is -2.12. The summed E-state index contributed by atoms with van der Waals surface area (Å²) < 4.78 is 0. The summed E-state index contributed by atoms with van der Waals surface area (Å²) >= 11 is 0. The van der Waals surface area contributed by atoms with Crippen molar-refractivity contribution in [2.45, 2.75) is 57.8 Å². The molecule has 10 heteroatoms. The molecule has 1 aliphatic rings. The van der Waals surface area contributed by atoms with Gasteiger partial charge in [-0.1, -0.05) is 18.0 Å². The fourth-order valence-electron chi connectivity index (χ4n) is 2.22. The van der Waals surface area contributed by atoms with E-state index in [1.165, 1.54) is 0 Å². The van der Waals surface area contributed by atoms with E-state index in [0.717, 1.165) is 12.8 Å². The monoisotopic (exact) mass is 353 g/mol. The third kappa shape index (κ3) is 8.71. The standard InChI is InChI=1S/C15H23N5O5/c16-19-18-11-5-10-17-12(21)6-3-1-2-4-7-15(24)25-20-13(22)8-9-14(20)23/h1-11H2,(H,17,21). The number of nitrogens with zero attached hydrogens (tertiary/aromatic N) is 4. The van der Waals surface area contributed by atoms with Crippen molar-refractivity contribution in [2.24, 2.45) is 5.11 Å². The van der Waals surface area contributed by atoms with Crippen molar-refractivity contribution in [3.63, 3.8) is 0 Å². The van der Waals surface area contributed by atoms with Gasteiger partial charge in [0, 0.05) is 43.7 Å². The Morgan fingerprint density at radius 2 is 1.72 bits per heavy atom. The number of hydrogen-bond donors (Lipinski definition) is 1. The van der Waals surface area contributed by atoms with Gasteiger partial charge in [-0.2, -0.15) is 0 Å². The molecule has 0 spiro atoms. The Balaban J connectivity index is 1.98. The number of unbranched alkanes of at least 4 members (excludes halogenated alkanes) is 3. The van der Waals surface area contributed by atoms with Crippen molar-refractivity contribution in [1.82, 2.24) is 10.4 Å². The van der Waals surface area contributed by atoms with Gasteiger partial charge in [0.15, 0.2) is 0 Å². The lowest BCUT2D eigenvalue weighted by atomic mass is 10.1. The van der Waals surface area contributed by atoms with Gasteiger partial charge in [-0.3, -0.25) is 14.4 Å². The number of carbonyl (C=O) groups is 4. The molecule has 1 aliphatic heterocycles. The molecule has 1 N–H and O–H groups in total. The normalized spacial score (nSPS) is 13.5. The van der Waals surface area contributed by atoms with Gasteiger partial charge in [0.05, 0.1) is 0 Å². The molecule has 0 aromatic heterocycles. The summed E-state index contributed by atoms with van der Waals surface area (Å²) in [6.07, 6.45) is 4.14. The summed E-state index contributed by atoms with van der Waals surface area (Å²) in [5, 5.41) is 6.65. The van der Waals surface area contributed by atoms with E-state index in [1.807, 2.05) is 0 Å². The van der Waals surface area contributed by atoms with E-state index in [9.17, 15) is 19.2 Å². The van der Waals surface area contributed by atoms with Gasteiger partial charge in [-0.25, -0.2) is 4.79 Å². The molecule has 0 bridgehead atoms. The smallest absolute Gasteiger partial charge is 0.333 e. The van der Waals surface area contributed by atoms with E-state index in [0.29, 0.717) is 43.8 Å². The highest BCUT2D eigenvalue weighted by Gasteiger charge is 2.32. The lowest BCUT2D eigenvalue weighted by molar-refractivity contribution is -0.197. The largest absolute Gasteiger partial charge is 0.356 e. The van der Waals surface area contributed by atoms with Crippen molar-refractivity contribution in [3.05, 3.63) is 10.4 Å². The second-order valence-electron chi connectivity index (χ2n) is 5.62. The fraction of sp³-hybridized carbons (Fsp3) is 0.733. The Morgan fingerprint density at radius 3 is 2.36 bits per heavy atom. The number of hydrogen-bond acceptors (Lipinski definition) is 6. The molecule has 3 amide bonds. The number of hydroxylamine groups is 2. The average molecular weight is 353 g/mol. The molecule has 0 aliphatic carbocycles. The molecule has 1 heterocycles. The highest BCUT2D eigenvalue weighted by atomic mass is 16.7. The van der Waals surface area contributed by atoms with Gasteiger partial charge in [0.2, 0.25) is 5.91 Å². The number of carbonyl (C=O) groups excluding carboxylic acids is 4. The first-order valence-corrected chi connectivity index (χ1v) is 8.38. The maximum Gasteiger partial charge on any atom is 0.333 e. The van der Waals surface area contributed by atoms with Crippen LogP contribution in [0.1, 0.15) is 57.8 Å². The van der Waals surface area contributed by atoms with Crippen molar-refractivity contribution in [1.29, 1.82) is 0 Å². The van der Waals surface area contributed by atoms with E-state index in [4.69, 9.17) is 10.4 Å². The number of rotatable bonds is 12. The van der Waals surface area contributed by atoms with E-state index >= 15 is 0 Å².